The number of esters is 1. The Labute approximate surface area is 113 Å². The monoisotopic (exact) mass is 285 g/mol. The second kappa shape index (κ2) is 5.64. The fourth-order valence-corrected chi connectivity index (χ4v) is 1.57. The number of aliphatic carboxylic acids is 1. The molecule has 0 amide bonds. The van der Waals surface area contributed by atoms with Crippen LogP contribution in [0, 0.1) is 15.9 Å². The van der Waals surface area contributed by atoms with Gasteiger partial charge in [-0.25, -0.2) is 0 Å². The number of carboxylic acid groups (broad SMARTS) is 1. The van der Waals surface area contributed by atoms with E-state index in [-0.39, 0.29) is 12.2 Å². The Balaban J connectivity index is 3.37. The quantitative estimate of drug-likeness (QED) is 0.381. The highest BCUT2D eigenvalue weighted by atomic mass is 19.1. The molecule has 108 valence electrons. The van der Waals surface area contributed by atoms with Gasteiger partial charge in [-0.05, 0) is 25.5 Å². The minimum absolute atomic E-state index is 0.0445. The lowest BCUT2D eigenvalue weighted by molar-refractivity contribution is -0.387. The number of benzene rings is 1. The normalized spacial score (nSPS) is 13.3. The largest absolute Gasteiger partial charge is 0.480 e. The van der Waals surface area contributed by atoms with E-state index in [4.69, 9.17) is 0 Å². The molecule has 1 aromatic carbocycles. The van der Waals surface area contributed by atoms with Crippen molar-refractivity contribution in [2.75, 3.05) is 6.61 Å². The smallest absolute Gasteiger partial charge is 0.327 e. The maximum atomic E-state index is 13.6. The first-order chi connectivity index (χ1) is 9.25. The molecule has 0 aliphatic carbocycles. The Morgan fingerprint density at radius 2 is 2.10 bits per heavy atom. The summed E-state index contributed by atoms with van der Waals surface area (Å²) in [6.07, 6.45) is 0. The summed E-state index contributed by atoms with van der Waals surface area (Å²) in [5.74, 6) is -3.82. The summed E-state index contributed by atoms with van der Waals surface area (Å²) in [6.45, 7) is 2.50. The molecule has 0 spiro atoms. The van der Waals surface area contributed by atoms with Crippen LogP contribution < -0.4 is 0 Å². The predicted molar refractivity (Wildman–Crippen MR) is 64.7 cm³/mol. The van der Waals surface area contributed by atoms with E-state index in [9.17, 15) is 29.2 Å². The Morgan fingerprint density at radius 3 is 2.50 bits per heavy atom. The summed E-state index contributed by atoms with van der Waals surface area (Å²) in [5, 5.41) is 19.7. The van der Waals surface area contributed by atoms with Crippen molar-refractivity contribution in [3.05, 3.63) is 39.7 Å². The van der Waals surface area contributed by atoms with Crippen molar-refractivity contribution in [3.8, 4) is 0 Å². The van der Waals surface area contributed by atoms with Gasteiger partial charge in [0, 0.05) is 6.07 Å². The lowest BCUT2D eigenvalue weighted by Gasteiger charge is -2.22. The second-order valence-electron chi connectivity index (χ2n) is 4.07. The van der Waals surface area contributed by atoms with Crippen LogP contribution in [0.3, 0.4) is 0 Å². The SMILES string of the molecule is CCOC(=O)C(C)(C(=O)O)c1ccc([N+](=O)[O-])c(F)c1. The van der Waals surface area contributed by atoms with Crippen molar-refractivity contribution in [1.29, 1.82) is 0 Å². The van der Waals surface area contributed by atoms with Gasteiger partial charge in [0.25, 0.3) is 0 Å². The van der Waals surface area contributed by atoms with E-state index in [1.54, 1.807) is 0 Å². The van der Waals surface area contributed by atoms with Gasteiger partial charge in [-0.2, -0.15) is 4.39 Å². The summed E-state index contributed by atoms with van der Waals surface area (Å²) in [4.78, 5) is 32.7. The number of hydrogen-bond donors (Lipinski definition) is 1. The van der Waals surface area contributed by atoms with E-state index in [1.165, 1.54) is 6.92 Å². The van der Waals surface area contributed by atoms with Gasteiger partial charge in [-0.1, -0.05) is 6.07 Å². The molecule has 0 fully saturated rings. The zero-order valence-corrected chi connectivity index (χ0v) is 10.8. The predicted octanol–water partition coefficient (Wildman–Crippen LogP) is 1.64. The van der Waals surface area contributed by atoms with Gasteiger partial charge in [0.1, 0.15) is 0 Å². The van der Waals surface area contributed by atoms with E-state index in [0.29, 0.717) is 6.07 Å². The molecular formula is C12H12FNO6. The molecule has 0 saturated heterocycles. The molecule has 8 heteroatoms. The third-order valence-corrected chi connectivity index (χ3v) is 2.83. The van der Waals surface area contributed by atoms with Crippen LogP contribution in [-0.4, -0.2) is 28.6 Å². The number of carbonyl (C=O) groups is 2. The number of nitro groups is 1. The van der Waals surface area contributed by atoms with Crippen LogP contribution in [0.5, 0.6) is 0 Å². The molecular weight excluding hydrogens is 273 g/mol. The third-order valence-electron chi connectivity index (χ3n) is 2.83. The zero-order valence-electron chi connectivity index (χ0n) is 10.8. The average molecular weight is 285 g/mol. The van der Waals surface area contributed by atoms with Gasteiger partial charge in [-0.3, -0.25) is 19.7 Å². The first-order valence-electron chi connectivity index (χ1n) is 5.60. The minimum Gasteiger partial charge on any atom is -0.480 e. The number of rotatable bonds is 5. The number of ether oxygens (including phenoxy) is 1. The molecule has 0 heterocycles. The van der Waals surface area contributed by atoms with Gasteiger partial charge in [0.15, 0.2) is 5.41 Å². The fraction of sp³-hybridized carbons (Fsp3) is 0.333. The summed E-state index contributed by atoms with van der Waals surface area (Å²) in [7, 11) is 0. The Bertz CT molecular complexity index is 573. The maximum absolute atomic E-state index is 13.6. The zero-order chi connectivity index (χ0) is 15.5. The average Bonchev–Trinajstić information content (AvgIpc) is 2.37. The van der Waals surface area contributed by atoms with Gasteiger partial charge in [-0.15, -0.1) is 0 Å². The summed E-state index contributed by atoms with van der Waals surface area (Å²) in [6, 6.07) is 2.49. The van der Waals surface area contributed by atoms with Crippen molar-refractivity contribution < 1.29 is 28.7 Å². The number of halogens is 1. The van der Waals surface area contributed by atoms with Crippen LogP contribution in [0.15, 0.2) is 18.2 Å². The number of nitro benzene ring substituents is 1. The van der Waals surface area contributed by atoms with E-state index in [2.05, 4.69) is 4.74 Å². The van der Waals surface area contributed by atoms with Crippen LogP contribution in [0.4, 0.5) is 10.1 Å². The number of hydrogen-bond acceptors (Lipinski definition) is 5. The highest BCUT2D eigenvalue weighted by molar-refractivity contribution is 6.05. The van der Waals surface area contributed by atoms with Crippen molar-refractivity contribution in [2.24, 2.45) is 0 Å². The van der Waals surface area contributed by atoms with Gasteiger partial charge in [0.05, 0.1) is 11.5 Å². The Kier molecular flexibility index (Phi) is 4.38. The second-order valence-corrected chi connectivity index (χ2v) is 4.07. The van der Waals surface area contributed by atoms with Gasteiger partial charge >= 0.3 is 17.6 Å². The van der Waals surface area contributed by atoms with E-state index < -0.39 is 33.8 Å². The summed E-state index contributed by atoms with van der Waals surface area (Å²) in [5.41, 5.74) is -3.16. The maximum Gasteiger partial charge on any atom is 0.327 e. The summed E-state index contributed by atoms with van der Waals surface area (Å²) < 4.78 is 18.2. The van der Waals surface area contributed by atoms with Crippen LogP contribution in [0.25, 0.3) is 0 Å². The van der Waals surface area contributed by atoms with Crippen molar-refractivity contribution in [2.45, 2.75) is 19.3 Å². The number of carbonyl (C=O) groups excluding carboxylic acids is 1. The fourth-order valence-electron chi connectivity index (χ4n) is 1.57. The van der Waals surface area contributed by atoms with Gasteiger partial charge < -0.3 is 9.84 Å². The molecule has 0 saturated carbocycles. The third kappa shape index (κ3) is 2.58. The first kappa shape index (κ1) is 15.5. The van der Waals surface area contributed by atoms with Crippen molar-refractivity contribution >= 4 is 17.6 Å². The molecule has 0 aliphatic rings. The molecule has 0 aromatic heterocycles. The number of nitrogens with zero attached hydrogens (tertiary/aromatic N) is 1. The molecule has 1 atom stereocenters. The molecule has 1 N–H and O–H groups in total. The van der Waals surface area contributed by atoms with E-state index in [0.717, 1.165) is 19.1 Å². The van der Waals surface area contributed by atoms with E-state index >= 15 is 0 Å². The number of carboxylic acids is 1. The molecule has 0 radical (unpaired) electrons. The lowest BCUT2D eigenvalue weighted by atomic mass is 9.82. The molecule has 1 aromatic rings. The minimum atomic E-state index is -2.13. The molecule has 0 bridgehead atoms. The topological polar surface area (TPSA) is 107 Å². The lowest BCUT2D eigenvalue weighted by Crippen LogP contribution is -2.42. The standard InChI is InChI=1S/C12H12FNO6/c1-3-20-11(17)12(2,10(15)16)7-4-5-9(14(18)19)8(13)6-7/h4-6H,3H2,1-2H3,(H,15,16). The van der Waals surface area contributed by atoms with Crippen LogP contribution >= 0.6 is 0 Å². The Morgan fingerprint density at radius 1 is 1.50 bits per heavy atom. The van der Waals surface area contributed by atoms with Crippen LogP contribution in [0.2, 0.25) is 0 Å². The van der Waals surface area contributed by atoms with Crippen molar-refractivity contribution in [3.63, 3.8) is 0 Å². The highest BCUT2D eigenvalue weighted by Crippen LogP contribution is 2.29. The first-order valence-corrected chi connectivity index (χ1v) is 5.60. The Hall–Kier alpha value is -2.51. The van der Waals surface area contributed by atoms with Crippen LogP contribution in [-0.2, 0) is 19.7 Å². The molecule has 7 nitrogen and oxygen atoms in total. The van der Waals surface area contributed by atoms with Gasteiger partial charge in [0.2, 0.25) is 5.82 Å². The molecule has 0 aliphatic heterocycles. The summed E-state index contributed by atoms with van der Waals surface area (Å²) >= 11 is 0. The molecule has 20 heavy (non-hydrogen) atoms. The highest BCUT2D eigenvalue weighted by Gasteiger charge is 2.45. The van der Waals surface area contributed by atoms with Crippen LogP contribution in [0.1, 0.15) is 19.4 Å². The van der Waals surface area contributed by atoms with E-state index in [1.807, 2.05) is 0 Å². The molecule has 1 unspecified atom stereocenters. The van der Waals surface area contributed by atoms with Crippen molar-refractivity contribution in [1.82, 2.24) is 0 Å². The molecule has 1 rings (SSSR count).